The van der Waals surface area contributed by atoms with Crippen LogP contribution in [0.25, 0.3) is 22.3 Å². The summed E-state index contributed by atoms with van der Waals surface area (Å²) in [5, 5.41) is 123. The van der Waals surface area contributed by atoms with Crippen LogP contribution in [0.4, 0.5) is 0 Å². The molecule has 334 valence electrons. The molecule has 2 fully saturated rings. The lowest BCUT2D eigenvalue weighted by atomic mass is 9.84. The zero-order chi connectivity index (χ0) is 45.1. The van der Waals surface area contributed by atoms with E-state index in [1.807, 2.05) is 6.92 Å². The van der Waals surface area contributed by atoms with Crippen LogP contribution >= 0.6 is 0 Å². The van der Waals surface area contributed by atoms with E-state index in [9.17, 15) is 70.6 Å². The van der Waals surface area contributed by atoms with E-state index in [4.69, 9.17) is 29.1 Å². The van der Waals surface area contributed by atoms with Crippen molar-refractivity contribution in [3.63, 3.8) is 0 Å². The Morgan fingerprint density at radius 3 is 2.32 bits per heavy atom. The third-order valence-corrected chi connectivity index (χ3v) is 11.3. The summed E-state index contributed by atoms with van der Waals surface area (Å²) in [5.41, 5.74) is 6.04. The van der Waals surface area contributed by atoms with Gasteiger partial charge in [0.25, 0.3) is 5.79 Å². The van der Waals surface area contributed by atoms with Crippen LogP contribution in [0, 0.1) is 0 Å². The highest BCUT2D eigenvalue weighted by Crippen LogP contribution is 2.51. The van der Waals surface area contributed by atoms with Gasteiger partial charge in [-0.3, -0.25) is 4.79 Å². The summed E-state index contributed by atoms with van der Waals surface area (Å²) >= 11 is 0. The average Bonchev–Trinajstić information content (AvgIpc) is 3.37. The van der Waals surface area contributed by atoms with Gasteiger partial charge in [-0.1, -0.05) is 13.0 Å². The number of ether oxygens (including phenoxy) is 4. The van der Waals surface area contributed by atoms with Crippen molar-refractivity contribution in [2.24, 2.45) is 5.73 Å². The Morgan fingerprint density at radius 1 is 0.952 bits per heavy atom. The van der Waals surface area contributed by atoms with Crippen molar-refractivity contribution in [3.8, 4) is 34.3 Å². The minimum absolute atomic E-state index is 0.0758. The predicted molar refractivity (Wildman–Crippen MR) is 208 cm³/mol. The van der Waals surface area contributed by atoms with Gasteiger partial charge in [0.1, 0.15) is 58.7 Å². The molecule has 0 radical (unpaired) electrons. The van der Waals surface area contributed by atoms with E-state index in [-0.39, 0.29) is 51.3 Å². The maximum Gasteiger partial charge on any atom is 0.340 e. The SMILES string of the molecule is CCC1=CC([C@@H]2C=C(NC)[C@]3(Oc4cc5oc(-c6cc(O)c(O)c(CCO)c6)cc(=O)c5c(O)c42)O[C@H](C(=O)O[C@H]2O[C@H](C(=O)O)[C@@H](O)[C@H](O)[C@H]2O)[C@@H](O)[C@H](O)[C@H]3O)=CNC1N. The molecule has 1 spiro atoms. The average molecular weight is 872 g/mol. The van der Waals surface area contributed by atoms with Gasteiger partial charge in [0.15, 0.2) is 35.2 Å². The number of phenolic OH excluding ortho intramolecular Hbond substituents is 3. The highest BCUT2D eigenvalue weighted by Gasteiger charge is 2.62. The number of nitrogens with two attached hydrogens (primary N) is 1. The van der Waals surface area contributed by atoms with Crippen LogP contribution in [0.1, 0.15) is 30.4 Å². The number of aliphatic carboxylic acids is 1. The number of carboxylic acid groups (broad SMARTS) is 1. The number of benzene rings is 2. The molecule has 15 N–H and O–H groups in total. The molecule has 3 aromatic rings. The molecule has 62 heavy (non-hydrogen) atoms. The third kappa shape index (κ3) is 7.38. The fourth-order valence-electron chi connectivity index (χ4n) is 7.94. The van der Waals surface area contributed by atoms with Crippen LogP contribution in [0.15, 0.2) is 68.7 Å². The van der Waals surface area contributed by atoms with Gasteiger partial charge in [0, 0.05) is 54.6 Å². The molecule has 2 aromatic carbocycles. The van der Waals surface area contributed by atoms with E-state index in [0.29, 0.717) is 17.6 Å². The molecule has 22 nitrogen and oxygen atoms in total. The summed E-state index contributed by atoms with van der Waals surface area (Å²) in [7, 11) is 1.35. The normalized spacial score (nSPS) is 32.0. The number of carbonyl (C=O) groups is 2. The van der Waals surface area contributed by atoms with Crippen molar-refractivity contribution in [3.05, 3.63) is 80.8 Å². The molecule has 0 bridgehead atoms. The van der Waals surface area contributed by atoms with Crippen LogP contribution < -0.4 is 26.5 Å². The second-order valence-corrected chi connectivity index (χ2v) is 15.0. The van der Waals surface area contributed by atoms with Crippen molar-refractivity contribution in [1.82, 2.24) is 10.6 Å². The largest absolute Gasteiger partial charge is 0.507 e. The molecule has 5 heterocycles. The Bertz CT molecular complexity index is 2430. The molecule has 2 saturated heterocycles. The first kappa shape index (κ1) is 44.3. The molecule has 0 amide bonds. The van der Waals surface area contributed by atoms with E-state index in [1.54, 1.807) is 6.08 Å². The fourth-order valence-corrected chi connectivity index (χ4v) is 7.94. The molecule has 0 aliphatic carbocycles. The number of hydrogen-bond donors (Lipinski definition) is 14. The maximum atomic E-state index is 13.9. The number of dihydropyridines is 1. The molecule has 22 heteroatoms. The number of likely N-dealkylation sites (N-methyl/N-ethyl adjacent to an activating group) is 1. The molecular weight excluding hydrogens is 826 g/mol. The predicted octanol–water partition coefficient (Wildman–Crippen LogP) is -2.59. The lowest BCUT2D eigenvalue weighted by Crippen LogP contribution is -2.70. The van der Waals surface area contributed by atoms with E-state index >= 15 is 0 Å². The quantitative estimate of drug-likeness (QED) is 0.0775. The van der Waals surface area contributed by atoms with Crippen LogP contribution in [-0.4, -0.2) is 149 Å². The van der Waals surface area contributed by atoms with Gasteiger partial charge in [-0.05, 0) is 42.2 Å². The summed E-state index contributed by atoms with van der Waals surface area (Å²) in [6, 6.07) is 4.62. The number of carboxylic acids is 1. The Labute approximate surface area is 349 Å². The Kier molecular flexibility index (Phi) is 12.0. The van der Waals surface area contributed by atoms with Gasteiger partial charge >= 0.3 is 11.9 Å². The summed E-state index contributed by atoms with van der Waals surface area (Å²) < 4.78 is 28.8. The molecule has 4 aliphatic heterocycles. The van der Waals surface area contributed by atoms with Gasteiger partial charge in [0.05, 0.1) is 11.9 Å². The minimum atomic E-state index is -2.76. The van der Waals surface area contributed by atoms with Crippen molar-refractivity contribution in [1.29, 1.82) is 0 Å². The van der Waals surface area contributed by atoms with Crippen LogP contribution in [0.2, 0.25) is 0 Å². The highest BCUT2D eigenvalue weighted by atomic mass is 16.8. The molecule has 7 rings (SSSR count). The molecular formula is C40H45N3O19. The zero-order valence-electron chi connectivity index (χ0n) is 32.8. The summed E-state index contributed by atoms with van der Waals surface area (Å²) in [4.78, 5) is 39.4. The second kappa shape index (κ2) is 16.8. The monoisotopic (exact) mass is 871 g/mol. The van der Waals surface area contributed by atoms with E-state index < -0.39 is 114 Å². The first-order chi connectivity index (χ1) is 29.4. The Morgan fingerprint density at radius 2 is 1.66 bits per heavy atom. The number of aliphatic hydroxyl groups excluding tert-OH is 7. The number of allylic oxidation sites excluding steroid dienone is 3. The van der Waals surface area contributed by atoms with Gasteiger partial charge in [-0.2, -0.15) is 0 Å². The van der Waals surface area contributed by atoms with Gasteiger partial charge < -0.3 is 95.9 Å². The molecule has 12 atom stereocenters. The number of aromatic hydroxyl groups is 3. The smallest absolute Gasteiger partial charge is 0.340 e. The van der Waals surface area contributed by atoms with E-state index in [1.165, 1.54) is 25.4 Å². The standard InChI is InChI=1S/C40H45N3O19/c1-3-13-6-16(12-43-36(13)41)17-9-23(42-2)40(35(54)31(52)30(51)34(62-40)38(57)60-39-32(53)28(49)29(50)33(59-39)37(55)56)61-22-11-21-25(27(48)24(17)22)18(45)10-20(58-21)15-7-14(4-5-44)26(47)19(46)8-15/h6-12,17,28-36,39,42-44,46-54H,3-5,41H2,1-2H3,(H,55,56)/t17-,28-,29-,30-,31-,32+,33-,34-,35+,36?,39+,40-/m0/s1. The number of esters is 1. The molecule has 1 aromatic heterocycles. The van der Waals surface area contributed by atoms with Crippen LogP contribution in [-0.2, 0) is 30.2 Å². The van der Waals surface area contributed by atoms with E-state index in [2.05, 4.69) is 10.6 Å². The number of fused-ring (bicyclic) bond motifs is 2. The van der Waals surface area contributed by atoms with Gasteiger partial charge in [0.2, 0.25) is 6.29 Å². The third-order valence-electron chi connectivity index (χ3n) is 11.3. The van der Waals surface area contributed by atoms with Crippen molar-refractivity contribution < 1.29 is 89.1 Å². The first-order valence-electron chi connectivity index (χ1n) is 19.2. The first-order valence-corrected chi connectivity index (χ1v) is 19.2. The van der Waals surface area contributed by atoms with Crippen LogP contribution in [0.5, 0.6) is 23.0 Å². The molecule has 1 unspecified atom stereocenters. The number of carbonyl (C=O) groups excluding carboxylic acids is 1. The Balaban J connectivity index is 1.40. The Hall–Kier alpha value is -5.79. The van der Waals surface area contributed by atoms with Crippen molar-refractivity contribution in [2.75, 3.05) is 13.7 Å². The lowest BCUT2D eigenvalue weighted by Gasteiger charge is -2.48. The van der Waals surface area contributed by atoms with Crippen LogP contribution in [0.3, 0.4) is 0 Å². The number of phenols is 3. The second-order valence-electron chi connectivity index (χ2n) is 15.0. The maximum absolute atomic E-state index is 13.9. The van der Waals surface area contributed by atoms with Gasteiger partial charge in [-0.15, -0.1) is 0 Å². The highest BCUT2D eigenvalue weighted by molar-refractivity contribution is 5.89. The van der Waals surface area contributed by atoms with Gasteiger partial charge in [-0.25, -0.2) is 9.59 Å². The fraction of sp³-hybridized carbons (Fsp3) is 0.425. The topological polar surface area (TPSA) is 374 Å². The number of nitrogens with one attached hydrogen (secondary N) is 2. The molecule has 4 aliphatic rings. The summed E-state index contributed by atoms with van der Waals surface area (Å²) in [6.45, 7) is 1.44. The molecule has 0 saturated carbocycles. The van der Waals surface area contributed by atoms with E-state index in [0.717, 1.165) is 18.2 Å². The summed E-state index contributed by atoms with van der Waals surface area (Å²) in [6.07, 6.45) is -15.9. The minimum Gasteiger partial charge on any atom is -0.507 e. The summed E-state index contributed by atoms with van der Waals surface area (Å²) in [5.74, 6) is -9.70. The number of aliphatic hydroxyl groups is 7. The number of rotatable bonds is 9. The van der Waals surface area contributed by atoms with Crippen molar-refractivity contribution >= 4 is 22.9 Å². The number of hydrogen-bond acceptors (Lipinski definition) is 21. The lowest BCUT2D eigenvalue weighted by molar-refractivity contribution is -0.325. The van der Waals surface area contributed by atoms with Crippen molar-refractivity contribution in [2.45, 2.75) is 92.8 Å². The zero-order valence-corrected chi connectivity index (χ0v) is 32.8.